The third-order valence-corrected chi connectivity index (χ3v) is 9.08. The molecule has 242 valence electrons. The molecule has 0 fully saturated rings. The van der Waals surface area contributed by atoms with Crippen LogP contribution in [0.15, 0.2) is 0 Å². The molecule has 0 aromatic rings. The lowest BCUT2D eigenvalue weighted by atomic mass is 10.0. The molecule has 0 aliphatic heterocycles. The van der Waals surface area contributed by atoms with Crippen LogP contribution in [0.2, 0.25) is 0 Å². The molecule has 0 spiro atoms. The summed E-state index contributed by atoms with van der Waals surface area (Å²) in [4.78, 5) is 2.84. The van der Waals surface area contributed by atoms with E-state index >= 15 is 0 Å². The fourth-order valence-electron chi connectivity index (χ4n) is 6.23. The average molecular weight is 565 g/mol. The van der Waals surface area contributed by atoms with Crippen molar-refractivity contribution in [1.82, 2.24) is 4.90 Å². The van der Waals surface area contributed by atoms with Crippen molar-refractivity contribution >= 4 is 0 Å². The van der Waals surface area contributed by atoms with Gasteiger partial charge in [0.1, 0.15) is 0 Å². The van der Waals surface area contributed by atoms with E-state index in [1.807, 2.05) is 0 Å². The van der Waals surface area contributed by atoms with E-state index < -0.39 is 0 Å². The molecule has 0 saturated heterocycles. The Morgan fingerprint density at radius 1 is 0.275 bits per heavy atom. The first-order chi connectivity index (χ1) is 19.8. The molecule has 2 heteroatoms. The van der Waals surface area contributed by atoms with Gasteiger partial charge in [0.05, 0.1) is 0 Å². The van der Waals surface area contributed by atoms with Crippen LogP contribution in [-0.2, 0) is 0 Å². The van der Waals surface area contributed by atoms with E-state index in [2.05, 4.69) is 18.7 Å². The van der Waals surface area contributed by atoms with Gasteiger partial charge in [-0.05, 0) is 51.9 Å². The van der Waals surface area contributed by atoms with Gasteiger partial charge in [0.2, 0.25) is 0 Å². The van der Waals surface area contributed by atoms with E-state index in [4.69, 9.17) is 5.73 Å². The molecule has 2 N–H and O–H groups in total. The topological polar surface area (TPSA) is 29.3 Å². The molecule has 0 saturated carbocycles. The first-order valence-corrected chi connectivity index (χ1v) is 19.3. The van der Waals surface area contributed by atoms with Gasteiger partial charge in [-0.25, -0.2) is 0 Å². The number of hydrogen-bond donors (Lipinski definition) is 1. The van der Waals surface area contributed by atoms with Gasteiger partial charge < -0.3 is 10.6 Å². The monoisotopic (exact) mass is 565 g/mol. The summed E-state index contributed by atoms with van der Waals surface area (Å²) >= 11 is 0. The molecule has 0 aromatic carbocycles. The maximum Gasteiger partial charge on any atom is -0.00187 e. The highest BCUT2D eigenvalue weighted by Gasteiger charge is 2.05. The first kappa shape index (κ1) is 39.9. The Labute approximate surface area is 255 Å². The van der Waals surface area contributed by atoms with E-state index in [0.29, 0.717) is 0 Å². The zero-order chi connectivity index (χ0) is 29.0. The fourth-order valence-corrected chi connectivity index (χ4v) is 6.23. The van der Waals surface area contributed by atoms with Gasteiger partial charge in [-0.15, -0.1) is 0 Å². The summed E-state index contributed by atoms with van der Waals surface area (Å²) in [5, 5.41) is 0. The zero-order valence-corrected chi connectivity index (χ0v) is 28.5. The van der Waals surface area contributed by atoms with Gasteiger partial charge in [0, 0.05) is 0 Å². The molecule has 0 aliphatic carbocycles. The molecule has 0 heterocycles. The molecule has 0 atom stereocenters. The highest BCUT2D eigenvalue weighted by Crippen LogP contribution is 2.15. The van der Waals surface area contributed by atoms with Gasteiger partial charge in [-0.2, -0.15) is 0 Å². The quantitative estimate of drug-likeness (QED) is 0.0767. The van der Waals surface area contributed by atoms with E-state index in [1.165, 1.54) is 225 Å². The summed E-state index contributed by atoms with van der Waals surface area (Å²) in [6, 6.07) is 0. The maximum absolute atomic E-state index is 5.57. The van der Waals surface area contributed by atoms with E-state index in [0.717, 1.165) is 6.54 Å². The van der Waals surface area contributed by atoms with Crippen molar-refractivity contribution in [2.24, 2.45) is 5.73 Å². The number of unbranched alkanes of at least 4 members (excludes halogenated alkanes) is 29. The Balaban J connectivity index is 3.73. The SMILES string of the molecule is CCCCCCCCCCN(CCCCCCCCCC)CCCCCCCCCCCCCCCCCCN. The third-order valence-electron chi connectivity index (χ3n) is 9.08. The van der Waals surface area contributed by atoms with Gasteiger partial charge in [0.25, 0.3) is 0 Å². The van der Waals surface area contributed by atoms with Gasteiger partial charge in [-0.1, -0.05) is 194 Å². The minimum Gasteiger partial charge on any atom is -0.330 e. The van der Waals surface area contributed by atoms with Crippen LogP contribution in [0.1, 0.15) is 219 Å². The second kappa shape index (κ2) is 36.9. The Morgan fingerprint density at radius 3 is 0.700 bits per heavy atom. The van der Waals surface area contributed by atoms with Crippen LogP contribution in [0.3, 0.4) is 0 Å². The summed E-state index contributed by atoms with van der Waals surface area (Å²) < 4.78 is 0. The Morgan fingerprint density at radius 2 is 0.475 bits per heavy atom. The molecule has 0 radical (unpaired) electrons. The van der Waals surface area contributed by atoms with Crippen molar-refractivity contribution in [2.75, 3.05) is 26.2 Å². The summed E-state index contributed by atoms with van der Waals surface area (Å²) in [5.41, 5.74) is 5.57. The Kier molecular flexibility index (Phi) is 36.9. The molecule has 0 bridgehead atoms. The van der Waals surface area contributed by atoms with E-state index in [1.54, 1.807) is 0 Å². The molecule has 0 unspecified atom stereocenters. The molecule has 40 heavy (non-hydrogen) atoms. The van der Waals surface area contributed by atoms with Crippen LogP contribution in [0.25, 0.3) is 0 Å². The van der Waals surface area contributed by atoms with E-state index in [-0.39, 0.29) is 0 Å². The number of nitrogens with two attached hydrogens (primary N) is 1. The molecule has 0 aromatic heterocycles. The smallest absolute Gasteiger partial charge is 0.00187 e. The normalized spacial score (nSPS) is 11.7. The number of hydrogen-bond acceptors (Lipinski definition) is 2. The average Bonchev–Trinajstić information content (AvgIpc) is 2.97. The summed E-state index contributed by atoms with van der Waals surface area (Å²) in [7, 11) is 0. The summed E-state index contributed by atoms with van der Waals surface area (Å²) in [6.45, 7) is 9.59. The standard InChI is InChI=1S/C38H80N2/c1-3-5-7-9-11-24-28-32-36-40(37-33-29-25-12-10-8-6-4-2)38-34-30-26-22-20-18-16-14-13-15-17-19-21-23-27-31-35-39/h3-39H2,1-2H3. The maximum atomic E-state index is 5.57. The second-order valence-electron chi connectivity index (χ2n) is 13.2. The minimum atomic E-state index is 0.872. The van der Waals surface area contributed by atoms with Crippen molar-refractivity contribution in [2.45, 2.75) is 219 Å². The molecule has 2 nitrogen and oxygen atoms in total. The van der Waals surface area contributed by atoms with Gasteiger partial charge in [-0.3, -0.25) is 0 Å². The van der Waals surface area contributed by atoms with Crippen molar-refractivity contribution < 1.29 is 0 Å². The predicted molar refractivity (Wildman–Crippen MR) is 185 cm³/mol. The number of rotatable bonds is 36. The molecular weight excluding hydrogens is 484 g/mol. The lowest BCUT2D eigenvalue weighted by Gasteiger charge is -2.22. The van der Waals surface area contributed by atoms with E-state index in [9.17, 15) is 0 Å². The largest absolute Gasteiger partial charge is 0.330 e. The van der Waals surface area contributed by atoms with Gasteiger partial charge in [0.15, 0.2) is 0 Å². The molecule has 0 rings (SSSR count). The third kappa shape index (κ3) is 34.1. The van der Waals surface area contributed by atoms with Crippen LogP contribution in [0.4, 0.5) is 0 Å². The first-order valence-electron chi connectivity index (χ1n) is 19.3. The fraction of sp³-hybridized carbons (Fsp3) is 1.00. The lowest BCUT2D eigenvalue weighted by molar-refractivity contribution is 0.254. The van der Waals surface area contributed by atoms with Crippen LogP contribution in [0.5, 0.6) is 0 Å². The molecule has 0 aliphatic rings. The Bertz CT molecular complexity index is 404. The number of nitrogens with zero attached hydrogens (tertiary/aromatic N) is 1. The van der Waals surface area contributed by atoms with Crippen LogP contribution >= 0.6 is 0 Å². The van der Waals surface area contributed by atoms with Crippen molar-refractivity contribution in [1.29, 1.82) is 0 Å². The predicted octanol–water partition coefficient (Wildman–Crippen LogP) is 12.8. The highest BCUT2D eigenvalue weighted by molar-refractivity contribution is 4.61. The minimum absolute atomic E-state index is 0.872. The zero-order valence-electron chi connectivity index (χ0n) is 28.5. The van der Waals surface area contributed by atoms with Crippen molar-refractivity contribution in [3.8, 4) is 0 Å². The lowest BCUT2D eigenvalue weighted by Crippen LogP contribution is -2.27. The van der Waals surface area contributed by atoms with Crippen molar-refractivity contribution in [3.63, 3.8) is 0 Å². The van der Waals surface area contributed by atoms with Gasteiger partial charge >= 0.3 is 0 Å². The summed E-state index contributed by atoms with van der Waals surface area (Å²) in [6.07, 6.45) is 46.0. The van der Waals surface area contributed by atoms with Crippen LogP contribution in [0, 0.1) is 0 Å². The summed E-state index contributed by atoms with van der Waals surface area (Å²) in [5.74, 6) is 0. The Hall–Kier alpha value is -0.0800. The van der Waals surface area contributed by atoms with Crippen LogP contribution < -0.4 is 5.73 Å². The van der Waals surface area contributed by atoms with Crippen molar-refractivity contribution in [3.05, 3.63) is 0 Å². The molecular formula is C38H80N2. The highest BCUT2D eigenvalue weighted by atomic mass is 15.1. The molecule has 0 amide bonds. The van der Waals surface area contributed by atoms with Crippen LogP contribution in [-0.4, -0.2) is 31.1 Å². The second-order valence-corrected chi connectivity index (χ2v) is 13.2.